The summed E-state index contributed by atoms with van der Waals surface area (Å²) in [5, 5.41) is 2.80. The van der Waals surface area contributed by atoms with Crippen molar-refractivity contribution in [2.45, 2.75) is 56.0 Å². The summed E-state index contributed by atoms with van der Waals surface area (Å²) in [4.78, 5) is 32.2. The number of ether oxygens (including phenoxy) is 2. The van der Waals surface area contributed by atoms with E-state index in [-0.39, 0.29) is 43.0 Å². The van der Waals surface area contributed by atoms with Crippen LogP contribution in [0, 0.1) is 12.4 Å². The highest BCUT2D eigenvalue weighted by atomic mass is 32.1. The quantitative estimate of drug-likeness (QED) is 0.154. The second-order valence-corrected chi connectivity index (χ2v) is 14.2. The van der Waals surface area contributed by atoms with Crippen LogP contribution in [0.4, 0.5) is 14.6 Å². The van der Waals surface area contributed by atoms with Gasteiger partial charge < -0.3 is 24.1 Å². The molecule has 1 saturated carbocycles. The zero-order valence-electron chi connectivity index (χ0n) is 26.5. The van der Waals surface area contributed by atoms with Gasteiger partial charge in [0.25, 0.3) is 0 Å². The van der Waals surface area contributed by atoms with Gasteiger partial charge in [0.15, 0.2) is 5.75 Å². The van der Waals surface area contributed by atoms with Gasteiger partial charge in [0.2, 0.25) is 12.5 Å². The third kappa shape index (κ3) is 5.43. The average molecular weight is 671 g/mol. The summed E-state index contributed by atoms with van der Waals surface area (Å²) in [5.41, 5.74) is 1.61. The number of halogens is 2. The molecule has 2 aromatic heterocycles. The fourth-order valence-corrected chi connectivity index (χ4v) is 8.59. The molecule has 248 valence electrons. The van der Waals surface area contributed by atoms with Crippen molar-refractivity contribution in [1.82, 2.24) is 19.8 Å². The molecule has 1 aliphatic carbocycles. The number of rotatable bonds is 9. The van der Waals surface area contributed by atoms with Gasteiger partial charge >= 0.3 is 6.01 Å². The van der Waals surface area contributed by atoms with Crippen LogP contribution in [-0.2, 0) is 4.79 Å². The van der Waals surface area contributed by atoms with Crippen molar-refractivity contribution in [2.24, 2.45) is 0 Å². The van der Waals surface area contributed by atoms with Crippen LogP contribution in [0.2, 0.25) is 0 Å². The lowest BCUT2D eigenvalue weighted by Crippen LogP contribution is -2.56. The first kappa shape index (κ1) is 31.0. The zero-order valence-corrected chi connectivity index (χ0v) is 27.4. The molecule has 3 atom stereocenters. The van der Waals surface area contributed by atoms with Crippen LogP contribution in [0.5, 0.6) is 11.8 Å². The Bertz CT molecular complexity index is 1960. The van der Waals surface area contributed by atoms with Gasteiger partial charge in [-0.25, -0.2) is 15.4 Å². The normalized spacial score (nSPS) is 24.2. The number of hydrogen-bond donors (Lipinski definition) is 0. The van der Waals surface area contributed by atoms with Gasteiger partial charge in [-0.15, -0.1) is 11.3 Å². The maximum absolute atomic E-state index is 15.2. The largest absolute Gasteiger partial charge is 0.487 e. The lowest BCUT2D eigenvalue weighted by molar-refractivity contribution is -0.128. The van der Waals surface area contributed by atoms with Crippen molar-refractivity contribution in [1.29, 1.82) is 0 Å². The van der Waals surface area contributed by atoms with Crippen LogP contribution in [0.25, 0.3) is 37.0 Å². The molecular weight excluding hydrogens is 634 g/mol. The number of nitrogens with zero attached hydrogens (tertiary/aromatic N) is 6. The fraction of sp³-hybridized carbons (Fsp3) is 0.444. The minimum atomic E-state index is -0.891. The maximum Gasteiger partial charge on any atom is 0.319 e. The third-order valence-corrected chi connectivity index (χ3v) is 11.1. The number of fused-ring (bicyclic) bond motifs is 3. The Hall–Kier alpha value is -4.34. The molecule has 3 aliphatic heterocycles. The highest BCUT2D eigenvalue weighted by molar-refractivity contribution is 7.17. The molecule has 3 saturated heterocycles. The Morgan fingerprint density at radius 1 is 1.17 bits per heavy atom. The molecular formula is C36H36F2N6O3S. The molecule has 8 rings (SSSR count). The lowest BCUT2D eigenvalue weighted by atomic mass is 9.95. The van der Waals surface area contributed by atoms with Crippen LogP contribution in [0.1, 0.15) is 32.1 Å². The van der Waals surface area contributed by atoms with Crippen LogP contribution in [-0.4, -0.2) is 95.4 Å². The number of alkyl halides is 1. The molecule has 4 aliphatic rings. The van der Waals surface area contributed by atoms with Gasteiger partial charge in [0.05, 0.1) is 11.6 Å². The number of carbonyl (C=O) groups excluding carboxylic acids is 1. The second kappa shape index (κ2) is 12.3. The van der Waals surface area contributed by atoms with E-state index in [1.54, 1.807) is 4.90 Å². The third-order valence-electron chi connectivity index (χ3n) is 10.2. The topological polar surface area (TPSA) is 75.4 Å². The smallest absolute Gasteiger partial charge is 0.319 e. The molecule has 1 amide bonds. The lowest BCUT2D eigenvalue weighted by Gasteiger charge is -2.39. The number of anilines is 1. The van der Waals surface area contributed by atoms with Crippen LogP contribution in [0.15, 0.2) is 48.4 Å². The Labute approximate surface area is 281 Å². The van der Waals surface area contributed by atoms with Gasteiger partial charge in [-0.2, -0.15) is 9.97 Å². The summed E-state index contributed by atoms with van der Waals surface area (Å²) >= 11 is 1.36. The Balaban J connectivity index is 1.26. The number of piperazine rings is 1. The first-order chi connectivity index (χ1) is 23.4. The highest BCUT2D eigenvalue weighted by Crippen LogP contribution is 2.46. The van der Waals surface area contributed by atoms with Crippen molar-refractivity contribution < 1.29 is 23.0 Å². The second-order valence-electron chi connectivity index (χ2n) is 13.3. The van der Waals surface area contributed by atoms with E-state index in [4.69, 9.17) is 26.0 Å². The van der Waals surface area contributed by atoms with Gasteiger partial charge in [0, 0.05) is 59.0 Å². The molecule has 4 aromatic rings. The standard InChI is InChI=1S/C36H36F2N6O3S/c1-3-30(45)44-15-14-42(19-23(44)17-39-2)34-27-11-10-26(25-6-4-7-29-31(25)28(38)20-48-29)33(47-24-8-9-24)32(27)40-35(41-34)46-21-36-12-5-13-43(36)18-22(37)16-36/h3-4,6-7,10-11,20,22-24H,1,5,8-9,12-19,21H2/t22-,23+,36+/m1/s1. The first-order valence-electron chi connectivity index (χ1n) is 16.6. The van der Waals surface area contributed by atoms with E-state index in [1.165, 1.54) is 22.8 Å². The molecule has 0 N–H and O–H groups in total. The average Bonchev–Trinajstić information content (AvgIpc) is 3.59. The van der Waals surface area contributed by atoms with Gasteiger partial charge in [-0.1, -0.05) is 18.7 Å². The van der Waals surface area contributed by atoms with E-state index in [1.807, 2.05) is 30.3 Å². The van der Waals surface area contributed by atoms with E-state index >= 15 is 4.39 Å². The summed E-state index contributed by atoms with van der Waals surface area (Å²) < 4.78 is 43.7. The number of thiophene rings is 1. The van der Waals surface area contributed by atoms with Crippen LogP contribution in [0.3, 0.4) is 0 Å². The Kier molecular flexibility index (Phi) is 7.92. The molecule has 2 aromatic carbocycles. The molecule has 12 heteroatoms. The van der Waals surface area contributed by atoms with Crippen molar-refractivity contribution in [2.75, 3.05) is 50.8 Å². The zero-order chi connectivity index (χ0) is 33.0. The highest BCUT2D eigenvalue weighted by Gasteiger charge is 2.49. The molecule has 48 heavy (non-hydrogen) atoms. The first-order valence-corrected chi connectivity index (χ1v) is 17.5. The molecule has 5 heterocycles. The summed E-state index contributed by atoms with van der Waals surface area (Å²) in [5.74, 6) is 0.669. The van der Waals surface area contributed by atoms with E-state index in [9.17, 15) is 9.18 Å². The van der Waals surface area contributed by atoms with Crippen molar-refractivity contribution in [3.05, 3.63) is 65.6 Å². The monoisotopic (exact) mass is 670 g/mol. The minimum absolute atomic E-state index is 0.0195. The van der Waals surface area contributed by atoms with Gasteiger partial charge in [-0.3, -0.25) is 9.69 Å². The predicted octanol–water partition coefficient (Wildman–Crippen LogP) is 6.27. The van der Waals surface area contributed by atoms with E-state index in [2.05, 4.69) is 21.2 Å². The van der Waals surface area contributed by atoms with Crippen molar-refractivity contribution in [3.8, 4) is 22.9 Å². The number of benzene rings is 2. The molecule has 9 nitrogen and oxygen atoms in total. The van der Waals surface area contributed by atoms with Gasteiger partial charge in [-0.05, 0) is 62.1 Å². The Morgan fingerprint density at radius 3 is 2.85 bits per heavy atom. The number of hydrogen-bond acceptors (Lipinski definition) is 8. The molecule has 0 unspecified atom stereocenters. The molecule has 0 bridgehead atoms. The van der Waals surface area contributed by atoms with E-state index in [0.29, 0.717) is 55.1 Å². The van der Waals surface area contributed by atoms with Crippen molar-refractivity contribution in [3.63, 3.8) is 0 Å². The summed E-state index contributed by atoms with van der Waals surface area (Å²) in [6.45, 7) is 14.1. The van der Waals surface area contributed by atoms with Crippen LogP contribution < -0.4 is 14.4 Å². The van der Waals surface area contributed by atoms with Gasteiger partial charge in [0.1, 0.15) is 36.0 Å². The number of aromatic nitrogens is 2. The molecule has 0 radical (unpaired) electrons. The summed E-state index contributed by atoms with van der Waals surface area (Å²) in [6, 6.07) is 9.43. The SMILES string of the molecule is [C-]#[N+]C[C@H]1CN(c2nc(OC[C@@]34CCCN3C[C@H](F)C4)nc3c(OC4CC4)c(-c4cccc5scc(F)c45)ccc23)CCN1C(=O)C=C. The minimum Gasteiger partial charge on any atom is -0.487 e. The van der Waals surface area contributed by atoms with Crippen molar-refractivity contribution >= 4 is 44.1 Å². The van der Waals surface area contributed by atoms with Crippen LogP contribution >= 0.6 is 11.3 Å². The molecule has 4 fully saturated rings. The summed E-state index contributed by atoms with van der Waals surface area (Å²) in [6.07, 6.45) is 4.49. The number of carbonyl (C=O) groups is 1. The Morgan fingerprint density at radius 2 is 2.04 bits per heavy atom. The van der Waals surface area contributed by atoms with E-state index < -0.39 is 11.7 Å². The van der Waals surface area contributed by atoms with E-state index in [0.717, 1.165) is 53.4 Å². The fourth-order valence-electron chi connectivity index (χ4n) is 7.76. The molecule has 0 spiro atoms. The summed E-state index contributed by atoms with van der Waals surface area (Å²) in [7, 11) is 0. The maximum atomic E-state index is 15.2. The number of amides is 1. The predicted molar refractivity (Wildman–Crippen MR) is 182 cm³/mol.